The second-order valence-electron chi connectivity index (χ2n) is 5.24. The van der Waals surface area contributed by atoms with E-state index in [2.05, 4.69) is 15.5 Å². The zero-order valence-corrected chi connectivity index (χ0v) is 13.7. The molecule has 0 radical (unpaired) electrons. The fraction of sp³-hybridized carbons (Fsp3) is 0.222. The van der Waals surface area contributed by atoms with E-state index >= 15 is 0 Å². The molecule has 0 aliphatic carbocycles. The van der Waals surface area contributed by atoms with Gasteiger partial charge in [0, 0.05) is 5.56 Å². The van der Waals surface area contributed by atoms with Crippen molar-refractivity contribution in [3.8, 4) is 22.9 Å². The molecule has 0 atom stereocenters. The summed E-state index contributed by atoms with van der Waals surface area (Å²) in [6, 6.07) is 15.8. The van der Waals surface area contributed by atoms with Gasteiger partial charge in [0.25, 0.3) is 0 Å². The maximum atomic E-state index is 5.64. The molecule has 1 heterocycles. The minimum absolute atomic E-state index is 0.361. The van der Waals surface area contributed by atoms with Gasteiger partial charge in [-0.15, -0.1) is 0 Å². The van der Waals surface area contributed by atoms with Crippen LogP contribution in [0.3, 0.4) is 0 Å². The molecule has 0 bridgehead atoms. The van der Waals surface area contributed by atoms with Crippen LogP contribution >= 0.6 is 0 Å². The average molecular weight is 325 g/mol. The number of aromatic nitrogens is 2. The number of hydrogen-bond donors (Lipinski definition) is 1. The Hall–Kier alpha value is -3.02. The lowest BCUT2D eigenvalue weighted by atomic mass is 10.2. The Bertz CT molecular complexity index is 784. The molecule has 0 saturated carbocycles. The van der Waals surface area contributed by atoms with Crippen molar-refractivity contribution in [2.24, 2.45) is 0 Å². The van der Waals surface area contributed by atoms with Crippen molar-refractivity contribution in [3.05, 3.63) is 54.1 Å². The molecule has 0 saturated heterocycles. The van der Waals surface area contributed by atoms with Gasteiger partial charge in [-0.25, -0.2) is 0 Å². The number of anilines is 1. The third-order valence-corrected chi connectivity index (χ3v) is 3.42. The fourth-order valence-corrected chi connectivity index (χ4v) is 2.14. The Balaban J connectivity index is 1.51. The van der Waals surface area contributed by atoms with E-state index in [0.29, 0.717) is 25.0 Å². The first-order chi connectivity index (χ1) is 11.7. The van der Waals surface area contributed by atoms with E-state index < -0.39 is 0 Å². The van der Waals surface area contributed by atoms with Crippen LogP contribution < -0.4 is 14.8 Å². The van der Waals surface area contributed by atoms with Crippen molar-refractivity contribution in [2.45, 2.75) is 6.92 Å². The van der Waals surface area contributed by atoms with Crippen molar-refractivity contribution in [1.82, 2.24) is 10.1 Å². The first-order valence-electron chi connectivity index (χ1n) is 7.66. The second kappa shape index (κ2) is 7.50. The van der Waals surface area contributed by atoms with Gasteiger partial charge in [-0.05, 0) is 31.2 Å². The lowest BCUT2D eigenvalue weighted by Crippen LogP contribution is -2.11. The summed E-state index contributed by atoms with van der Waals surface area (Å²) in [7, 11) is 1.62. The van der Waals surface area contributed by atoms with Crippen molar-refractivity contribution < 1.29 is 14.0 Å². The third-order valence-electron chi connectivity index (χ3n) is 3.42. The van der Waals surface area contributed by atoms with Gasteiger partial charge in [0.1, 0.15) is 18.1 Å². The van der Waals surface area contributed by atoms with Crippen molar-refractivity contribution in [1.29, 1.82) is 0 Å². The number of nitrogens with one attached hydrogen (secondary N) is 1. The molecular weight excluding hydrogens is 306 g/mol. The third kappa shape index (κ3) is 4.04. The Morgan fingerprint density at radius 3 is 2.71 bits per heavy atom. The molecule has 6 heteroatoms. The van der Waals surface area contributed by atoms with E-state index in [0.717, 1.165) is 17.1 Å². The summed E-state index contributed by atoms with van der Waals surface area (Å²) in [6.07, 6.45) is 0. The van der Waals surface area contributed by atoms with Crippen LogP contribution in [0.1, 0.15) is 5.56 Å². The first kappa shape index (κ1) is 15.9. The number of rotatable bonds is 7. The van der Waals surface area contributed by atoms with Gasteiger partial charge < -0.3 is 19.3 Å². The highest BCUT2D eigenvalue weighted by molar-refractivity contribution is 5.57. The van der Waals surface area contributed by atoms with Gasteiger partial charge in [-0.2, -0.15) is 4.98 Å². The van der Waals surface area contributed by atoms with Crippen LogP contribution in [0.4, 0.5) is 6.01 Å². The largest absolute Gasteiger partial charge is 0.497 e. The zero-order valence-electron chi connectivity index (χ0n) is 13.7. The normalized spacial score (nSPS) is 10.4. The molecule has 3 aromatic rings. The quantitative estimate of drug-likeness (QED) is 0.670. The van der Waals surface area contributed by atoms with Crippen molar-refractivity contribution >= 4 is 6.01 Å². The summed E-state index contributed by atoms with van der Waals surface area (Å²) in [5.74, 6) is 2.10. The summed E-state index contributed by atoms with van der Waals surface area (Å²) in [6.45, 7) is 3.11. The monoisotopic (exact) mass is 325 g/mol. The molecule has 0 spiro atoms. The predicted octanol–water partition coefficient (Wildman–Crippen LogP) is 3.54. The van der Waals surface area contributed by atoms with E-state index in [9.17, 15) is 0 Å². The Morgan fingerprint density at radius 1 is 1.08 bits per heavy atom. The lowest BCUT2D eigenvalue weighted by molar-refractivity contribution is 0.330. The molecule has 3 rings (SSSR count). The summed E-state index contributed by atoms with van der Waals surface area (Å²) in [5, 5.41) is 7.01. The van der Waals surface area contributed by atoms with Crippen molar-refractivity contribution in [2.75, 3.05) is 25.6 Å². The molecule has 0 aliphatic heterocycles. The topological polar surface area (TPSA) is 69.4 Å². The van der Waals surface area contributed by atoms with Crippen LogP contribution in [0, 0.1) is 6.92 Å². The first-order valence-corrected chi connectivity index (χ1v) is 7.66. The molecule has 0 amide bonds. The maximum Gasteiger partial charge on any atom is 0.321 e. The number of nitrogens with zero attached hydrogens (tertiary/aromatic N) is 2. The molecule has 0 unspecified atom stereocenters. The predicted molar refractivity (Wildman–Crippen MR) is 91.4 cm³/mol. The summed E-state index contributed by atoms with van der Waals surface area (Å²) < 4.78 is 16.0. The van der Waals surface area contributed by atoms with Gasteiger partial charge in [0.2, 0.25) is 5.82 Å². The molecule has 0 aliphatic rings. The molecule has 24 heavy (non-hydrogen) atoms. The highest BCUT2D eigenvalue weighted by Crippen LogP contribution is 2.22. The van der Waals surface area contributed by atoms with Gasteiger partial charge in [0.05, 0.1) is 13.7 Å². The van der Waals surface area contributed by atoms with Gasteiger partial charge in [-0.1, -0.05) is 35.0 Å². The Kier molecular flexibility index (Phi) is 4.96. The van der Waals surface area contributed by atoms with Crippen LogP contribution in [-0.2, 0) is 0 Å². The standard InChI is InChI=1S/C18H19N3O3/c1-13-6-8-15(9-7-13)23-11-10-19-18-20-17(21-24-18)14-4-3-5-16(12-14)22-2/h3-9,12H,10-11H2,1-2H3,(H,19,20,21). The van der Waals surface area contributed by atoms with E-state index in [1.165, 1.54) is 5.56 Å². The molecule has 2 aromatic carbocycles. The maximum absolute atomic E-state index is 5.64. The van der Waals surface area contributed by atoms with E-state index in [4.69, 9.17) is 14.0 Å². The minimum atomic E-state index is 0.361. The van der Waals surface area contributed by atoms with E-state index in [1.807, 2.05) is 55.5 Å². The molecular formula is C18H19N3O3. The molecule has 124 valence electrons. The Labute approximate surface area is 140 Å². The summed E-state index contributed by atoms with van der Waals surface area (Å²) in [5.41, 5.74) is 2.04. The zero-order chi connectivity index (χ0) is 16.8. The van der Waals surface area contributed by atoms with Crippen molar-refractivity contribution in [3.63, 3.8) is 0 Å². The lowest BCUT2D eigenvalue weighted by Gasteiger charge is -2.06. The minimum Gasteiger partial charge on any atom is -0.497 e. The highest BCUT2D eigenvalue weighted by Gasteiger charge is 2.08. The number of benzene rings is 2. The number of ether oxygens (including phenoxy) is 2. The number of methoxy groups -OCH3 is 1. The van der Waals surface area contributed by atoms with Gasteiger partial charge in [0.15, 0.2) is 0 Å². The number of hydrogen-bond acceptors (Lipinski definition) is 6. The van der Waals surface area contributed by atoms with Crippen LogP contribution in [0.25, 0.3) is 11.4 Å². The summed E-state index contributed by atoms with van der Waals surface area (Å²) >= 11 is 0. The average Bonchev–Trinajstić information content (AvgIpc) is 3.09. The van der Waals surface area contributed by atoms with Crippen LogP contribution in [0.15, 0.2) is 53.1 Å². The molecule has 1 N–H and O–H groups in total. The SMILES string of the molecule is COc1cccc(-c2noc(NCCOc3ccc(C)cc3)n2)c1. The summed E-state index contributed by atoms with van der Waals surface area (Å²) in [4.78, 5) is 4.31. The molecule has 0 fully saturated rings. The number of aryl methyl sites for hydroxylation is 1. The van der Waals surface area contributed by atoms with E-state index in [1.54, 1.807) is 7.11 Å². The molecule has 6 nitrogen and oxygen atoms in total. The van der Waals surface area contributed by atoms with Gasteiger partial charge >= 0.3 is 6.01 Å². The van der Waals surface area contributed by atoms with Crippen LogP contribution in [-0.4, -0.2) is 30.4 Å². The highest BCUT2D eigenvalue weighted by atomic mass is 16.5. The molecule has 1 aromatic heterocycles. The van der Waals surface area contributed by atoms with Crippen LogP contribution in [0.5, 0.6) is 11.5 Å². The van der Waals surface area contributed by atoms with Gasteiger partial charge in [-0.3, -0.25) is 0 Å². The fourth-order valence-electron chi connectivity index (χ4n) is 2.14. The van der Waals surface area contributed by atoms with Crippen LogP contribution in [0.2, 0.25) is 0 Å². The van der Waals surface area contributed by atoms with E-state index in [-0.39, 0.29) is 0 Å². The smallest absolute Gasteiger partial charge is 0.321 e. The Morgan fingerprint density at radius 2 is 1.92 bits per heavy atom. The second-order valence-corrected chi connectivity index (χ2v) is 5.24.